The predicted molar refractivity (Wildman–Crippen MR) is 67.7 cm³/mol. The molecule has 3 nitrogen and oxygen atoms in total. The molecule has 92 valence electrons. The maximum atomic E-state index is 10.8. The zero-order chi connectivity index (χ0) is 12.4. The van der Waals surface area contributed by atoms with E-state index in [1.807, 2.05) is 6.07 Å². The number of rotatable bonds is 3. The molecule has 5 heteroatoms. The lowest BCUT2D eigenvalue weighted by molar-refractivity contribution is -0.139. The molecule has 17 heavy (non-hydrogen) atoms. The minimum absolute atomic E-state index is 0.298. The zero-order valence-electron chi connectivity index (χ0n) is 9.12. The summed E-state index contributed by atoms with van der Waals surface area (Å²) in [7, 11) is 0. The predicted octanol–water partition coefficient (Wildman–Crippen LogP) is 2.60. The van der Waals surface area contributed by atoms with Crippen LogP contribution >= 0.6 is 23.2 Å². The Bertz CT molecular complexity index is 437. The third kappa shape index (κ3) is 3.12. The first-order chi connectivity index (χ1) is 8.06. The molecule has 1 aliphatic heterocycles. The van der Waals surface area contributed by atoms with Gasteiger partial charge >= 0.3 is 5.97 Å². The van der Waals surface area contributed by atoms with Gasteiger partial charge in [-0.2, -0.15) is 0 Å². The van der Waals surface area contributed by atoms with E-state index in [4.69, 9.17) is 28.3 Å². The normalized spacial score (nSPS) is 23.9. The molecule has 1 aliphatic rings. The lowest BCUT2D eigenvalue weighted by Crippen LogP contribution is -2.29. The van der Waals surface area contributed by atoms with Crippen molar-refractivity contribution < 1.29 is 9.90 Å². The first-order valence-electron chi connectivity index (χ1n) is 5.46. The van der Waals surface area contributed by atoms with Gasteiger partial charge in [0.1, 0.15) is 6.04 Å². The van der Waals surface area contributed by atoms with Gasteiger partial charge in [0.25, 0.3) is 0 Å². The summed E-state index contributed by atoms with van der Waals surface area (Å²) >= 11 is 12.0. The molecular weight excluding hydrogens is 261 g/mol. The van der Waals surface area contributed by atoms with E-state index in [0.717, 1.165) is 12.0 Å². The van der Waals surface area contributed by atoms with E-state index >= 15 is 0 Å². The second kappa shape index (κ2) is 5.25. The van der Waals surface area contributed by atoms with Crippen molar-refractivity contribution in [1.29, 1.82) is 0 Å². The Morgan fingerprint density at radius 1 is 1.47 bits per heavy atom. The molecule has 1 heterocycles. The van der Waals surface area contributed by atoms with Crippen LogP contribution in [0.4, 0.5) is 0 Å². The highest BCUT2D eigenvalue weighted by Crippen LogP contribution is 2.26. The summed E-state index contributed by atoms with van der Waals surface area (Å²) in [6.07, 6.45) is 1.40. The SMILES string of the molecule is O=C(O)[C@@H]1C[C@H](Cc2cc(Cl)ccc2Cl)CN1. The maximum absolute atomic E-state index is 10.8. The summed E-state index contributed by atoms with van der Waals surface area (Å²) in [5, 5.41) is 13.2. The highest BCUT2D eigenvalue weighted by Gasteiger charge is 2.29. The Morgan fingerprint density at radius 3 is 2.88 bits per heavy atom. The molecule has 0 spiro atoms. The van der Waals surface area contributed by atoms with Crippen molar-refractivity contribution in [2.45, 2.75) is 18.9 Å². The van der Waals surface area contributed by atoms with E-state index in [0.29, 0.717) is 28.9 Å². The molecule has 0 aromatic heterocycles. The van der Waals surface area contributed by atoms with Crippen molar-refractivity contribution in [3.8, 4) is 0 Å². The fourth-order valence-corrected chi connectivity index (χ4v) is 2.55. The average Bonchev–Trinajstić information content (AvgIpc) is 2.72. The quantitative estimate of drug-likeness (QED) is 0.890. The molecule has 0 radical (unpaired) electrons. The van der Waals surface area contributed by atoms with Gasteiger partial charge in [0.15, 0.2) is 0 Å². The van der Waals surface area contributed by atoms with Crippen LogP contribution < -0.4 is 5.32 Å². The molecule has 0 aliphatic carbocycles. The van der Waals surface area contributed by atoms with Gasteiger partial charge in [-0.15, -0.1) is 0 Å². The lowest BCUT2D eigenvalue weighted by atomic mass is 9.97. The van der Waals surface area contributed by atoms with Gasteiger partial charge < -0.3 is 10.4 Å². The average molecular weight is 274 g/mol. The van der Waals surface area contributed by atoms with Crippen molar-refractivity contribution in [1.82, 2.24) is 5.32 Å². The molecule has 2 rings (SSSR count). The van der Waals surface area contributed by atoms with Gasteiger partial charge in [-0.3, -0.25) is 4.79 Å². The molecule has 0 bridgehead atoms. The van der Waals surface area contributed by atoms with E-state index < -0.39 is 12.0 Å². The van der Waals surface area contributed by atoms with Crippen LogP contribution in [0, 0.1) is 5.92 Å². The third-order valence-electron chi connectivity index (χ3n) is 3.04. The Kier molecular flexibility index (Phi) is 3.92. The van der Waals surface area contributed by atoms with Crippen LogP contribution in [0.2, 0.25) is 10.0 Å². The maximum Gasteiger partial charge on any atom is 0.320 e. The summed E-state index contributed by atoms with van der Waals surface area (Å²) in [6, 6.07) is 4.94. The van der Waals surface area contributed by atoms with E-state index in [-0.39, 0.29) is 0 Å². The number of nitrogens with one attached hydrogen (secondary N) is 1. The van der Waals surface area contributed by atoms with Crippen LogP contribution in [0.25, 0.3) is 0 Å². The number of carbonyl (C=O) groups is 1. The van der Waals surface area contributed by atoms with Gasteiger partial charge in [-0.25, -0.2) is 0 Å². The number of halogens is 2. The zero-order valence-corrected chi connectivity index (χ0v) is 10.6. The molecule has 2 N–H and O–H groups in total. The largest absolute Gasteiger partial charge is 0.480 e. The summed E-state index contributed by atoms with van der Waals surface area (Å²) in [5.41, 5.74) is 0.983. The molecule has 0 amide bonds. The van der Waals surface area contributed by atoms with Crippen LogP contribution in [0.5, 0.6) is 0 Å². The minimum Gasteiger partial charge on any atom is -0.480 e. The van der Waals surface area contributed by atoms with Gasteiger partial charge in [0.2, 0.25) is 0 Å². The van der Waals surface area contributed by atoms with E-state index in [1.54, 1.807) is 12.1 Å². The standard InChI is InChI=1S/C12H13Cl2NO2/c13-9-1-2-10(14)8(5-9)3-7-4-11(12(16)17)15-6-7/h1-2,5,7,11,15H,3-4,6H2,(H,16,17)/t7-,11-/m0/s1. The van der Waals surface area contributed by atoms with Crippen LogP contribution in [-0.2, 0) is 11.2 Å². The van der Waals surface area contributed by atoms with Crippen molar-refractivity contribution in [2.75, 3.05) is 6.54 Å². The van der Waals surface area contributed by atoms with Gasteiger partial charge in [-0.1, -0.05) is 23.2 Å². The first-order valence-corrected chi connectivity index (χ1v) is 6.22. The third-order valence-corrected chi connectivity index (χ3v) is 3.64. The molecule has 1 saturated heterocycles. The van der Waals surface area contributed by atoms with Crippen LogP contribution in [0.1, 0.15) is 12.0 Å². The number of hydrogen-bond donors (Lipinski definition) is 2. The molecule has 2 atom stereocenters. The summed E-state index contributed by atoms with van der Waals surface area (Å²) in [5.74, 6) is -0.489. The van der Waals surface area contributed by atoms with E-state index in [9.17, 15) is 4.79 Å². The lowest BCUT2D eigenvalue weighted by Gasteiger charge is -2.10. The van der Waals surface area contributed by atoms with Crippen molar-refractivity contribution >= 4 is 29.2 Å². The molecule has 1 aromatic carbocycles. The number of carboxylic acids is 1. The Labute approximate surface area is 110 Å². The highest BCUT2D eigenvalue weighted by atomic mass is 35.5. The monoisotopic (exact) mass is 273 g/mol. The smallest absolute Gasteiger partial charge is 0.320 e. The van der Waals surface area contributed by atoms with Gasteiger partial charge in [0.05, 0.1) is 0 Å². The highest BCUT2D eigenvalue weighted by molar-refractivity contribution is 6.33. The van der Waals surface area contributed by atoms with E-state index in [1.165, 1.54) is 0 Å². The molecular formula is C12H13Cl2NO2. The summed E-state index contributed by atoms with van der Waals surface area (Å²) < 4.78 is 0. The molecule has 0 unspecified atom stereocenters. The van der Waals surface area contributed by atoms with E-state index in [2.05, 4.69) is 5.32 Å². The van der Waals surface area contributed by atoms with Crippen LogP contribution in [0.3, 0.4) is 0 Å². The molecule has 0 saturated carbocycles. The topological polar surface area (TPSA) is 49.3 Å². The summed E-state index contributed by atoms with van der Waals surface area (Å²) in [6.45, 7) is 0.708. The van der Waals surface area contributed by atoms with Crippen LogP contribution in [0.15, 0.2) is 18.2 Å². The van der Waals surface area contributed by atoms with Crippen molar-refractivity contribution in [2.24, 2.45) is 5.92 Å². The molecule has 1 aromatic rings. The van der Waals surface area contributed by atoms with Crippen molar-refractivity contribution in [3.05, 3.63) is 33.8 Å². The van der Waals surface area contributed by atoms with Gasteiger partial charge in [0, 0.05) is 10.0 Å². The fourth-order valence-electron chi connectivity index (χ4n) is 2.16. The van der Waals surface area contributed by atoms with Crippen LogP contribution in [-0.4, -0.2) is 23.7 Å². The Hall–Kier alpha value is -0.770. The van der Waals surface area contributed by atoms with Crippen molar-refractivity contribution in [3.63, 3.8) is 0 Å². The number of hydrogen-bond acceptors (Lipinski definition) is 2. The number of aliphatic carboxylic acids is 1. The first kappa shape index (κ1) is 12.7. The fraction of sp³-hybridized carbons (Fsp3) is 0.417. The molecule has 1 fully saturated rings. The minimum atomic E-state index is -0.787. The van der Waals surface area contributed by atoms with Gasteiger partial charge in [-0.05, 0) is 49.1 Å². The second-order valence-electron chi connectivity index (χ2n) is 4.34. The Balaban J connectivity index is 2.02. The number of benzene rings is 1. The summed E-state index contributed by atoms with van der Waals surface area (Å²) in [4.78, 5) is 10.8. The second-order valence-corrected chi connectivity index (χ2v) is 5.18. The Morgan fingerprint density at radius 2 is 2.24 bits per heavy atom. The number of carboxylic acid groups (broad SMARTS) is 1.